The van der Waals surface area contributed by atoms with Crippen molar-refractivity contribution in [2.24, 2.45) is 11.8 Å². The molecular weight excluding hydrogens is 440 g/mol. The van der Waals surface area contributed by atoms with Crippen LogP contribution in [0, 0.1) is 18.8 Å². The van der Waals surface area contributed by atoms with Crippen LogP contribution in [0.1, 0.15) is 36.8 Å². The third-order valence-electron chi connectivity index (χ3n) is 6.67. The predicted molar refractivity (Wildman–Crippen MR) is 138 cm³/mol. The molecule has 6 nitrogen and oxygen atoms in total. The van der Waals surface area contributed by atoms with Crippen molar-refractivity contribution in [1.29, 1.82) is 0 Å². The first-order chi connectivity index (χ1) is 17.1. The van der Waals surface area contributed by atoms with Crippen LogP contribution in [0.15, 0.2) is 60.8 Å². The zero-order valence-electron chi connectivity index (χ0n) is 20.8. The number of carbonyl (C=O) groups is 1. The molecule has 1 saturated carbocycles. The second-order valence-electron chi connectivity index (χ2n) is 9.19. The molecule has 1 fully saturated rings. The summed E-state index contributed by atoms with van der Waals surface area (Å²) in [5, 5.41) is 3.38. The highest BCUT2D eigenvalue weighted by molar-refractivity contribution is 5.72. The summed E-state index contributed by atoms with van der Waals surface area (Å²) in [5.74, 6) is 2.62. The van der Waals surface area contributed by atoms with E-state index in [9.17, 15) is 4.79 Å². The SMILES string of the molecule is COc1ccc(-c2ccc(NCc3cccc(C)c3)nc2)cc1OC[C@H]1CC[C@H](C(=O)OC)CC1. The van der Waals surface area contributed by atoms with Gasteiger partial charge < -0.3 is 19.5 Å². The number of methoxy groups -OCH3 is 2. The van der Waals surface area contributed by atoms with Gasteiger partial charge in [-0.3, -0.25) is 4.79 Å². The van der Waals surface area contributed by atoms with Gasteiger partial charge in [0.15, 0.2) is 11.5 Å². The number of rotatable bonds is 9. The molecule has 0 aliphatic heterocycles. The lowest BCUT2D eigenvalue weighted by molar-refractivity contribution is -0.146. The molecule has 0 bridgehead atoms. The molecule has 1 aliphatic rings. The van der Waals surface area contributed by atoms with Crippen molar-refractivity contribution in [2.75, 3.05) is 26.1 Å². The van der Waals surface area contributed by atoms with Crippen molar-refractivity contribution in [3.05, 3.63) is 71.9 Å². The van der Waals surface area contributed by atoms with Gasteiger partial charge in [-0.05, 0) is 73.9 Å². The van der Waals surface area contributed by atoms with Crippen LogP contribution in [-0.4, -0.2) is 31.8 Å². The van der Waals surface area contributed by atoms with Gasteiger partial charge in [-0.1, -0.05) is 35.9 Å². The maximum atomic E-state index is 11.8. The zero-order valence-corrected chi connectivity index (χ0v) is 20.8. The molecule has 0 amide bonds. The summed E-state index contributed by atoms with van der Waals surface area (Å²) in [5.41, 5.74) is 4.51. The number of anilines is 1. The normalized spacial score (nSPS) is 17.5. The molecule has 0 saturated heterocycles. The van der Waals surface area contributed by atoms with E-state index in [0.29, 0.717) is 18.3 Å². The van der Waals surface area contributed by atoms with Crippen molar-refractivity contribution in [2.45, 2.75) is 39.2 Å². The third kappa shape index (κ3) is 6.53. The average molecular weight is 475 g/mol. The van der Waals surface area contributed by atoms with Crippen molar-refractivity contribution < 1.29 is 19.0 Å². The summed E-state index contributed by atoms with van der Waals surface area (Å²) in [6.45, 7) is 3.43. The first-order valence-electron chi connectivity index (χ1n) is 12.2. The molecular formula is C29H34N2O4. The number of benzene rings is 2. The minimum Gasteiger partial charge on any atom is -0.493 e. The average Bonchev–Trinajstić information content (AvgIpc) is 2.90. The van der Waals surface area contributed by atoms with Crippen LogP contribution < -0.4 is 14.8 Å². The van der Waals surface area contributed by atoms with Gasteiger partial charge in [-0.2, -0.15) is 0 Å². The minimum absolute atomic E-state index is 0.0240. The Morgan fingerprint density at radius 1 is 0.971 bits per heavy atom. The Balaban J connectivity index is 1.36. The number of ether oxygens (including phenoxy) is 3. The molecule has 0 atom stereocenters. The van der Waals surface area contributed by atoms with E-state index in [1.54, 1.807) is 7.11 Å². The number of hydrogen-bond donors (Lipinski definition) is 1. The summed E-state index contributed by atoms with van der Waals surface area (Å²) < 4.78 is 16.6. The molecule has 1 aliphatic carbocycles. The molecule has 3 aromatic rings. The van der Waals surface area contributed by atoms with Gasteiger partial charge in [0.05, 0.1) is 26.7 Å². The molecule has 1 heterocycles. The second-order valence-corrected chi connectivity index (χ2v) is 9.19. The van der Waals surface area contributed by atoms with Crippen LogP contribution in [-0.2, 0) is 16.1 Å². The van der Waals surface area contributed by atoms with E-state index in [4.69, 9.17) is 14.2 Å². The van der Waals surface area contributed by atoms with Crippen LogP contribution >= 0.6 is 0 Å². The largest absolute Gasteiger partial charge is 0.493 e. The standard InChI is InChI=1S/C29H34N2O4/c1-20-5-4-6-22(15-20)17-30-28-14-12-25(18-31-28)24-11-13-26(33-2)27(16-24)35-19-21-7-9-23(10-8-21)29(32)34-3/h4-6,11-16,18,21,23H,7-10,17,19H2,1-3H3,(H,30,31)/t21-,23-. The summed E-state index contributed by atoms with van der Waals surface area (Å²) in [7, 11) is 3.11. The number of aromatic nitrogens is 1. The quantitative estimate of drug-likeness (QED) is 0.382. The van der Waals surface area contributed by atoms with E-state index >= 15 is 0 Å². The Morgan fingerprint density at radius 2 is 1.77 bits per heavy atom. The molecule has 35 heavy (non-hydrogen) atoms. The first-order valence-corrected chi connectivity index (χ1v) is 12.2. The molecule has 184 valence electrons. The fraction of sp³-hybridized carbons (Fsp3) is 0.379. The Kier molecular flexibility index (Phi) is 8.24. The van der Waals surface area contributed by atoms with E-state index in [2.05, 4.69) is 47.6 Å². The fourth-order valence-corrected chi connectivity index (χ4v) is 4.59. The van der Waals surface area contributed by atoms with Gasteiger partial charge in [-0.15, -0.1) is 0 Å². The van der Waals surface area contributed by atoms with E-state index in [-0.39, 0.29) is 11.9 Å². The molecule has 0 spiro atoms. The minimum atomic E-state index is -0.0938. The number of nitrogens with one attached hydrogen (secondary N) is 1. The summed E-state index contributed by atoms with van der Waals surface area (Å²) in [6, 6.07) is 18.5. The molecule has 2 aromatic carbocycles. The summed E-state index contributed by atoms with van der Waals surface area (Å²) in [4.78, 5) is 16.4. The van der Waals surface area contributed by atoms with Gasteiger partial charge in [0.2, 0.25) is 0 Å². The topological polar surface area (TPSA) is 69.7 Å². The molecule has 6 heteroatoms. The van der Waals surface area contributed by atoms with Crippen LogP contribution in [0.4, 0.5) is 5.82 Å². The lowest BCUT2D eigenvalue weighted by atomic mass is 9.82. The monoisotopic (exact) mass is 474 g/mol. The molecule has 0 unspecified atom stereocenters. The van der Waals surface area contributed by atoms with Crippen molar-refractivity contribution >= 4 is 11.8 Å². The fourth-order valence-electron chi connectivity index (χ4n) is 4.59. The van der Waals surface area contributed by atoms with Crippen molar-refractivity contribution in [1.82, 2.24) is 4.98 Å². The van der Waals surface area contributed by atoms with E-state index in [1.165, 1.54) is 18.2 Å². The van der Waals surface area contributed by atoms with Crippen LogP contribution in [0.5, 0.6) is 11.5 Å². The highest BCUT2D eigenvalue weighted by Gasteiger charge is 2.27. The summed E-state index contributed by atoms with van der Waals surface area (Å²) in [6.07, 6.45) is 5.51. The van der Waals surface area contributed by atoms with Crippen LogP contribution in [0.25, 0.3) is 11.1 Å². The predicted octanol–water partition coefficient (Wildman–Crippen LogP) is 6.04. The van der Waals surface area contributed by atoms with Crippen LogP contribution in [0.3, 0.4) is 0 Å². The van der Waals surface area contributed by atoms with E-state index in [1.807, 2.05) is 30.5 Å². The smallest absolute Gasteiger partial charge is 0.308 e. The highest BCUT2D eigenvalue weighted by atomic mass is 16.5. The first kappa shape index (κ1) is 24.6. The molecule has 1 aromatic heterocycles. The Bertz CT molecular complexity index is 1120. The van der Waals surface area contributed by atoms with Gasteiger partial charge >= 0.3 is 5.97 Å². The maximum Gasteiger partial charge on any atom is 0.308 e. The van der Waals surface area contributed by atoms with Crippen molar-refractivity contribution in [3.63, 3.8) is 0 Å². The third-order valence-corrected chi connectivity index (χ3v) is 6.67. The Labute approximate surface area is 207 Å². The number of carbonyl (C=O) groups excluding carboxylic acids is 1. The highest BCUT2D eigenvalue weighted by Crippen LogP contribution is 2.35. The molecule has 4 rings (SSSR count). The lowest BCUT2D eigenvalue weighted by Gasteiger charge is -2.27. The van der Waals surface area contributed by atoms with Gasteiger partial charge in [0.1, 0.15) is 5.82 Å². The number of aryl methyl sites for hydroxylation is 1. The number of hydrogen-bond acceptors (Lipinski definition) is 6. The Hall–Kier alpha value is -3.54. The van der Waals surface area contributed by atoms with E-state index in [0.717, 1.165) is 54.9 Å². The number of esters is 1. The van der Waals surface area contributed by atoms with E-state index < -0.39 is 0 Å². The lowest BCUT2D eigenvalue weighted by Crippen LogP contribution is -2.25. The number of pyridine rings is 1. The van der Waals surface area contributed by atoms with Crippen molar-refractivity contribution in [3.8, 4) is 22.6 Å². The second kappa shape index (κ2) is 11.7. The number of nitrogens with zero attached hydrogens (tertiary/aromatic N) is 1. The van der Waals surface area contributed by atoms with Crippen LogP contribution in [0.2, 0.25) is 0 Å². The van der Waals surface area contributed by atoms with Gasteiger partial charge in [0, 0.05) is 18.3 Å². The zero-order chi connectivity index (χ0) is 24.6. The van der Waals surface area contributed by atoms with Gasteiger partial charge in [-0.25, -0.2) is 4.98 Å². The maximum absolute atomic E-state index is 11.8. The van der Waals surface area contributed by atoms with Gasteiger partial charge in [0.25, 0.3) is 0 Å². The molecule has 0 radical (unpaired) electrons. The summed E-state index contributed by atoms with van der Waals surface area (Å²) >= 11 is 0. The molecule has 1 N–H and O–H groups in total. The Morgan fingerprint density at radius 3 is 2.46 bits per heavy atom.